The summed E-state index contributed by atoms with van der Waals surface area (Å²) in [5, 5.41) is 19.2. The molecular weight excluding hydrogens is 374 g/mol. The molecule has 2 N–H and O–H groups in total. The first-order chi connectivity index (χ1) is 13.6. The molecule has 0 atom stereocenters. The molecule has 1 amide bonds. The summed E-state index contributed by atoms with van der Waals surface area (Å²) in [6.45, 7) is 4.90. The van der Waals surface area contributed by atoms with Crippen LogP contribution >= 0.6 is 11.3 Å². The fourth-order valence-corrected chi connectivity index (χ4v) is 3.69. The maximum Gasteiger partial charge on any atom is 0.280 e. The van der Waals surface area contributed by atoms with Crippen LogP contribution in [0.1, 0.15) is 21.2 Å². The Balaban J connectivity index is 1.29. The molecule has 1 aromatic carbocycles. The predicted molar refractivity (Wildman–Crippen MR) is 109 cm³/mol. The van der Waals surface area contributed by atoms with E-state index >= 15 is 0 Å². The number of carbonyl (C=O) groups is 1. The first-order valence-corrected chi connectivity index (χ1v) is 9.67. The minimum absolute atomic E-state index is 0.172. The highest BCUT2D eigenvalue weighted by Gasteiger charge is 2.11. The van der Waals surface area contributed by atoms with Crippen LogP contribution < -0.4 is 10.6 Å². The number of hydrogen-bond acceptors (Lipinski definition) is 7. The van der Waals surface area contributed by atoms with E-state index in [2.05, 4.69) is 30.9 Å². The molecule has 3 aromatic heterocycles. The molecule has 0 saturated carbocycles. The lowest BCUT2D eigenvalue weighted by Gasteiger charge is -2.07. The molecule has 0 radical (unpaired) electrons. The number of nitrogens with one attached hydrogen (secondary N) is 2. The van der Waals surface area contributed by atoms with Crippen LogP contribution in [0, 0.1) is 13.8 Å². The molecule has 0 aliphatic carbocycles. The minimum Gasteiger partial charge on any atom is -0.367 e. The van der Waals surface area contributed by atoms with Crippen molar-refractivity contribution in [3.8, 4) is 5.82 Å². The number of para-hydroxylation sites is 1. The van der Waals surface area contributed by atoms with Crippen molar-refractivity contribution >= 4 is 33.3 Å². The zero-order chi connectivity index (χ0) is 19.5. The van der Waals surface area contributed by atoms with Crippen LogP contribution in [0.5, 0.6) is 0 Å². The normalized spacial score (nSPS) is 10.9. The summed E-state index contributed by atoms with van der Waals surface area (Å²) in [6, 6.07) is 13.4. The van der Waals surface area contributed by atoms with E-state index in [-0.39, 0.29) is 5.91 Å². The first kappa shape index (κ1) is 18.1. The standard InChI is InChI=1S/C19H19N7OS/c1-12-11-13(2)26(25-12)17-8-7-16(23-24-17)20-9-10-21-18(27)19-22-14-5-3-4-6-15(14)28-19/h3-8,11H,9-10H2,1-2H3,(H,20,23)(H,21,27). The molecule has 8 nitrogen and oxygen atoms in total. The van der Waals surface area contributed by atoms with Gasteiger partial charge in [0, 0.05) is 18.8 Å². The summed E-state index contributed by atoms with van der Waals surface area (Å²) in [5.41, 5.74) is 2.78. The van der Waals surface area contributed by atoms with Crippen molar-refractivity contribution in [1.29, 1.82) is 0 Å². The number of hydrogen-bond donors (Lipinski definition) is 2. The van der Waals surface area contributed by atoms with Gasteiger partial charge < -0.3 is 10.6 Å². The van der Waals surface area contributed by atoms with Crippen LogP contribution in [0.4, 0.5) is 5.82 Å². The Bertz CT molecular complexity index is 1080. The van der Waals surface area contributed by atoms with Crippen molar-refractivity contribution in [1.82, 2.24) is 30.3 Å². The van der Waals surface area contributed by atoms with Gasteiger partial charge in [-0.3, -0.25) is 4.79 Å². The van der Waals surface area contributed by atoms with Crippen molar-refractivity contribution in [2.45, 2.75) is 13.8 Å². The molecule has 28 heavy (non-hydrogen) atoms. The summed E-state index contributed by atoms with van der Waals surface area (Å²) in [6.07, 6.45) is 0. The average Bonchev–Trinajstić information content (AvgIpc) is 3.28. The van der Waals surface area contributed by atoms with E-state index in [9.17, 15) is 4.79 Å². The second-order valence-electron chi connectivity index (χ2n) is 6.29. The Morgan fingerprint density at radius 2 is 1.96 bits per heavy atom. The van der Waals surface area contributed by atoms with Crippen molar-refractivity contribution in [3.05, 3.63) is 58.9 Å². The van der Waals surface area contributed by atoms with Gasteiger partial charge in [0.2, 0.25) is 0 Å². The topological polar surface area (TPSA) is 97.6 Å². The van der Waals surface area contributed by atoms with Crippen LogP contribution in [-0.4, -0.2) is 44.0 Å². The molecule has 4 rings (SSSR count). The third-order valence-corrected chi connectivity index (χ3v) is 5.12. The molecule has 142 valence electrons. The SMILES string of the molecule is Cc1cc(C)n(-c2ccc(NCCNC(=O)c3nc4ccccc4s3)nn2)n1. The Hall–Kier alpha value is -3.33. The number of aromatic nitrogens is 5. The maximum absolute atomic E-state index is 12.2. The summed E-state index contributed by atoms with van der Waals surface area (Å²) in [4.78, 5) is 16.6. The van der Waals surface area contributed by atoms with Gasteiger partial charge >= 0.3 is 0 Å². The van der Waals surface area contributed by atoms with Crippen LogP contribution in [-0.2, 0) is 0 Å². The second-order valence-corrected chi connectivity index (χ2v) is 7.32. The molecule has 0 unspecified atom stereocenters. The Morgan fingerprint density at radius 3 is 2.68 bits per heavy atom. The van der Waals surface area contributed by atoms with E-state index in [0.717, 1.165) is 21.6 Å². The maximum atomic E-state index is 12.2. The lowest BCUT2D eigenvalue weighted by molar-refractivity contribution is 0.0955. The lowest BCUT2D eigenvalue weighted by Crippen LogP contribution is -2.28. The zero-order valence-electron chi connectivity index (χ0n) is 15.5. The van der Waals surface area contributed by atoms with Crippen molar-refractivity contribution in [2.24, 2.45) is 0 Å². The highest BCUT2D eigenvalue weighted by molar-refractivity contribution is 7.20. The van der Waals surface area contributed by atoms with Gasteiger partial charge in [-0.05, 0) is 44.2 Å². The number of fused-ring (bicyclic) bond motifs is 1. The highest BCUT2D eigenvalue weighted by atomic mass is 32.1. The Morgan fingerprint density at radius 1 is 1.11 bits per heavy atom. The quantitative estimate of drug-likeness (QED) is 0.489. The Labute approximate surface area is 165 Å². The van der Waals surface area contributed by atoms with Gasteiger partial charge in [-0.1, -0.05) is 12.1 Å². The summed E-state index contributed by atoms with van der Waals surface area (Å²) in [5.74, 6) is 1.13. The number of amides is 1. The molecule has 4 aromatic rings. The van der Waals surface area contributed by atoms with Gasteiger partial charge in [-0.25, -0.2) is 9.67 Å². The van der Waals surface area contributed by atoms with Gasteiger partial charge in [-0.2, -0.15) is 5.10 Å². The fourth-order valence-electron chi connectivity index (χ4n) is 2.80. The van der Waals surface area contributed by atoms with Gasteiger partial charge in [0.15, 0.2) is 10.8 Å². The van der Waals surface area contributed by atoms with E-state index in [1.54, 1.807) is 4.68 Å². The molecule has 0 spiro atoms. The van der Waals surface area contributed by atoms with Crippen molar-refractivity contribution in [2.75, 3.05) is 18.4 Å². The molecule has 0 bridgehead atoms. The number of nitrogens with zero attached hydrogens (tertiary/aromatic N) is 5. The third kappa shape index (κ3) is 3.84. The number of carbonyl (C=O) groups excluding carboxylic acids is 1. The van der Waals surface area contributed by atoms with E-state index in [0.29, 0.717) is 29.7 Å². The smallest absolute Gasteiger partial charge is 0.280 e. The van der Waals surface area contributed by atoms with Crippen molar-refractivity contribution in [3.63, 3.8) is 0 Å². The molecule has 0 aliphatic heterocycles. The zero-order valence-corrected chi connectivity index (χ0v) is 16.3. The summed E-state index contributed by atoms with van der Waals surface area (Å²) < 4.78 is 2.76. The highest BCUT2D eigenvalue weighted by Crippen LogP contribution is 2.21. The number of rotatable bonds is 6. The van der Waals surface area contributed by atoms with Crippen molar-refractivity contribution < 1.29 is 4.79 Å². The number of anilines is 1. The molecule has 9 heteroatoms. The summed E-state index contributed by atoms with van der Waals surface area (Å²) >= 11 is 1.39. The number of benzene rings is 1. The Kier molecular flexibility index (Phi) is 4.98. The predicted octanol–water partition coefficient (Wildman–Crippen LogP) is 2.73. The molecule has 0 saturated heterocycles. The van der Waals surface area contributed by atoms with Gasteiger partial charge in [0.05, 0.1) is 15.9 Å². The molecular formula is C19H19N7OS. The largest absolute Gasteiger partial charge is 0.367 e. The minimum atomic E-state index is -0.172. The molecule has 0 aliphatic rings. The first-order valence-electron chi connectivity index (χ1n) is 8.85. The fraction of sp³-hybridized carbons (Fsp3) is 0.211. The van der Waals surface area contributed by atoms with Crippen LogP contribution in [0.15, 0.2) is 42.5 Å². The van der Waals surface area contributed by atoms with Crippen LogP contribution in [0.25, 0.3) is 16.0 Å². The van der Waals surface area contributed by atoms with E-state index in [4.69, 9.17) is 0 Å². The second kappa shape index (κ2) is 7.73. The molecule has 0 fully saturated rings. The van der Waals surface area contributed by atoms with Gasteiger partial charge in [0.25, 0.3) is 5.91 Å². The van der Waals surface area contributed by atoms with Gasteiger partial charge in [0.1, 0.15) is 5.82 Å². The van der Waals surface area contributed by atoms with Crippen LogP contribution in [0.3, 0.4) is 0 Å². The van der Waals surface area contributed by atoms with E-state index in [1.807, 2.05) is 56.3 Å². The van der Waals surface area contributed by atoms with Crippen LogP contribution in [0.2, 0.25) is 0 Å². The number of thiazole rings is 1. The van der Waals surface area contributed by atoms with Gasteiger partial charge in [-0.15, -0.1) is 21.5 Å². The van der Waals surface area contributed by atoms with E-state index < -0.39 is 0 Å². The third-order valence-electron chi connectivity index (χ3n) is 4.08. The average molecular weight is 393 g/mol. The monoisotopic (exact) mass is 393 g/mol. The lowest BCUT2D eigenvalue weighted by atomic mass is 10.3. The van der Waals surface area contributed by atoms with E-state index in [1.165, 1.54) is 11.3 Å². The summed E-state index contributed by atoms with van der Waals surface area (Å²) in [7, 11) is 0. The number of aryl methyl sites for hydroxylation is 2. The molecule has 3 heterocycles.